The van der Waals surface area contributed by atoms with Crippen LogP contribution in [0.1, 0.15) is 44.5 Å². The van der Waals surface area contributed by atoms with Gasteiger partial charge in [-0.15, -0.1) is 0 Å². The summed E-state index contributed by atoms with van der Waals surface area (Å²) in [5, 5.41) is 3.41. The van der Waals surface area contributed by atoms with Crippen LogP contribution in [0.15, 0.2) is 78.9 Å². The van der Waals surface area contributed by atoms with E-state index in [0.717, 1.165) is 29.9 Å². The van der Waals surface area contributed by atoms with Crippen LogP contribution >= 0.6 is 0 Å². The third kappa shape index (κ3) is 5.40. The van der Waals surface area contributed by atoms with Crippen molar-refractivity contribution in [3.8, 4) is 0 Å². The van der Waals surface area contributed by atoms with Gasteiger partial charge < -0.3 is 15.8 Å². The van der Waals surface area contributed by atoms with E-state index in [0.29, 0.717) is 35.2 Å². The Morgan fingerprint density at radius 3 is 2.45 bits per heavy atom. The number of primary amides is 1. The van der Waals surface area contributed by atoms with Crippen LogP contribution in [0.5, 0.6) is 0 Å². The largest absolute Gasteiger partial charge is 0.449 e. The van der Waals surface area contributed by atoms with Crippen LogP contribution in [0.25, 0.3) is 10.9 Å². The van der Waals surface area contributed by atoms with E-state index in [2.05, 4.69) is 22.3 Å². The zero-order chi connectivity index (χ0) is 26.6. The van der Waals surface area contributed by atoms with Crippen molar-refractivity contribution in [3.63, 3.8) is 0 Å². The standard InChI is InChI=1S/C30H28N4O4/c1-19(29(36)32-22-13-11-21(12-14-22)28(31)35)38-30(37)27-23-9-5-6-10-25(23)33-26-15-16-34(18-24(26)27)17-20-7-3-2-4-8-20/h2-14,19H,15-18H2,1H3,(H2,31,35)(H,32,36). The molecular formula is C30H28N4O4. The number of hydrogen-bond donors (Lipinski definition) is 2. The molecule has 0 radical (unpaired) electrons. The molecule has 8 nitrogen and oxygen atoms in total. The number of carbonyl (C=O) groups is 3. The Kier molecular flexibility index (Phi) is 7.15. The summed E-state index contributed by atoms with van der Waals surface area (Å²) in [7, 11) is 0. The highest BCUT2D eigenvalue weighted by atomic mass is 16.5. The number of amides is 2. The zero-order valence-corrected chi connectivity index (χ0v) is 21.0. The van der Waals surface area contributed by atoms with Gasteiger partial charge in [-0.25, -0.2) is 4.79 Å². The van der Waals surface area contributed by atoms with Gasteiger partial charge in [-0.1, -0.05) is 48.5 Å². The van der Waals surface area contributed by atoms with Gasteiger partial charge in [0.05, 0.1) is 11.1 Å². The average Bonchev–Trinajstić information content (AvgIpc) is 2.92. The molecule has 3 N–H and O–H groups in total. The predicted molar refractivity (Wildman–Crippen MR) is 144 cm³/mol. The summed E-state index contributed by atoms with van der Waals surface area (Å²) in [6.07, 6.45) is -0.338. The van der Waals surface area contributed by atoms with Crippen LogP contribution in [0.4, 0.5) is 5.69 Å². The smallest absolute Gasteiger partial charge is 0.339 e. The molecule has 2 heterocycles. The molecule has 0 saturated carbocycles. The molecule has 1 atom stereocenters. The van der Waals surface area contributed by atoms with Gasteiger partial charge >= 0.3 is 5.97 Å². The first kappa shape index (κ1) is 25.1. The van der Waals surface area contributed by atoms with E-state index in [4.69, 9.17) is 15.5 Å². The van der Waals surface area contributed by atoms with Crippen LogP contribution in [-0.2, 0) is 29.0 Å². The fraction of sp³-hybridized carbons (Fsp3) is 0.200. The zero-order valence-electron chi connectivity index (χ0n) is 21.0. The second-order valence-corrected chi connectivity index (χ2v) is 9.35. The first-order chi connectivity index (χ1) is 18.4. The lowest BCUT2D eigenvalue weighted by atomic mass is 9.95. The highest BCUT2D eigenvalue weighted by molar-refractivity contribution is 6.06. The number of carbonyl (C=O) groups excluding carboxylic acids is 3. The minimum Gasteiger partial charge on any atom is -0.449 e. The van der Waals surface area contributed by atoms with Crippen molar-refractivity contribution in [3.05, 3.63) is 107 Å². The van der Waals surface area contributed by atoms with E-state index in [1.807, 2.05) is 42.5 Å². The maximum atomic E-state index is 13.6. The van der Waals surface area contributed by atoms with Crippen molar-refractivity contribution in [1.82, 2.24) is 9.88 Å². The van der Waals surface area contributed by atoms with E-state index in [1.165, 1.54) is 24.6 Å². The predicted octanol–water partition coefficient (Wildman–Crippen LogP) is 4.08. The Morgan fingerprint density at radius 2 is 1.71 bits per heavy atom. The van der Waals surface area contributed by atoms with Crippen LogP contribution < -0.4 is 11.1 Å². The number of fused-ring (bicyclic) bond motifs is 2. The molecular weight excluding hydrogens is 480 g/mol. The SMILES string of the molecule is CC(OC(=O)c1c2c(nc3ccccc13)CCN(Cc1ccccc1)C2)C(=O)Nc1ccc(C(N)=O)cc1. The summed E-state index contributed by atoms with van der Waals surface area (Å²) >= 11 is 0. The van der Waals surface area contributed by atoms with E-state index >= 15 is 0 Å². The van der Waals surface area contributed by atoms with Crippen LogP contribution in [0, 0.1) is 0 Å². The molecule has 0 aliphatic carbocycles. The van der Waals surface area contributed by atoms with Gasteiger partial charge in [0.15, 0.2) is 6.10 Å². The monoisotopic (exact) mass is 508 g/mol. The number of hydrogen-bond acceptors (Lipinski definition) is 6. The van der Waals surface area contributed by atoms with Gasteiger partial charge in [0, 0.05) is 53.9 Å². The number of pyridine rings is 1. The minimum atomic E-state index is -1.05. The van der Waals surface area contributed by atoms with E-state index in [9.17, 15) is 14.4 Å². The Bertz CT molecular complexity index is 1500. The fourth-order valence-corrected chi connectivity index (χ4v) is 4.69. The second kappa shape index (κ2) is 10.8. The number of nitrogens with two attached hydrogens (primary N) is 1. The number of nitrogens with one attached hydrogen (secondary N) is 1. The van der Waals surface area contributed by atoms with Crippen LogP contribution in [0.3, 0.4) is 0 Å². The summed E-state index contributed by atoms with van der Waals surface area (Å²) < 4.78 is 5.69. The number of aromatic nitrogens is 1. The van der Waals surface area contributed by atoms with Crippen molar-refractivity contribution in [2.75, 3.05) is 11.9 Å². The molecule has 2 amide bonds. The number of anilines is 1. The summed E-state index contributed by atoms with van der Waals surface area (Å²) in [4.78, 5) is 44.8. The molecule has 0 spiro atoms. The molecule has 3 aromatic carbocycles. The lowest BCUT2D eigenvalue weighted by molar-refractivity contribution is -0.123. The Morgan fingerprint density at radius 1 is 1.00 bits per heavy atom. The molecule has 1 unspecified atom stereocenters. The van der Waals surface area contributed by atoms with Gasteiger partial charge in [-0.3, -0.25) is 19.5 Å². The van der Waals surface area contributed by atoms with Crippen LogP contribution in [-0.4, -0.2) is 40.3 Å². The first-order valence-corrected chi connectivity index (χ1v) is 12.5. The molecule has 1 aliphatic heterocycles. The number of para-hydroxylation sites is 1. The third-order valence-electron chi connectivity index (χ3n) is 6.67. The van der Waals surface area contributed by atoms with Crippen molar-refractivity contribution in [2.45, 2.75) is 32.5 Å². The Labute approximate surface area is 220 Å². The summed E-state index contributed by atoms with van der Waals surface area (Å²) in [5.41, 5.74) is 10.2. The summed E-state index contributed by atoms with van der Waals surface area (Å²) in [5.74, 6) is -1.60. The number of rotatable bonds is 7. The molecule has 0 saturated heterocycles. The second-order valence-electron chi connectivity index (χ2n) is 9.35. The lowest BCUT2D eigenvalue weighted by Gasteiger charge is -2.30. The maximum absolute atomic E-state index is 13.6. The average molecular weight is 509 g/mol. The maximum Gasteiger partial charge on any atom is 0.339 e. The van der Waals surface area contributed by atoms with Crippen LogP contribution in [0.2, 0.25) is 0 Å². The topological polar surface area (TPSA) is 115 Å². The highest BCUT2D eigenvalue weighted by Gasteiger charge is 2.28. The molecule has 8 heteroatoms. The molecule has 1 aliphatic rings. The molecule has 0 bridgehead atoms. The van der Waals surface area contributed by atoms with Gasteiger partial charge in [-0.2, -0.15) is 0 Å². The molecule has 38 heavy (non-hydrogen) atoms. The van der Waals surface area contributed by atoms with E-state index in [1.54, 1.807) is 12.1 Å². The number of nitrogens with zero attached hydrogens (tertiary/aromatic N) is 2. The molecule has 5 rings (SSSR count). The van der Waals surface area contributed by atoms with Crippen molar-refractivity contribution in [1.29, 1.82) is 0 Å². The lowest BCUT2D eigenvalue weighted by Crippen LogP contribution is -2.34. The molecule has 1 aromatic heterocycles. The first-order valence-electron chi connectivity index (χ1n) is 12.5. The molecule has 192 valence electrons. The Hall–Kier alpha value is -4.56. The van der Waals surface area contributed by atoms with E-state index in [-0.39, 0.29) is 0 Å². The number of benzene rings is 3. The van der Waals surface area contributed by atoms with Gasteiger partial charge in [0.2, 0.25) is 5.91 Å². The van der Waals surface area contributed by atoms with Gasteiger partial charge in [0.1, 0.15) is 0 Å². The summed E-state index contributed by atoms with van der Waals surface area (Å²) in [6.45, 7) is 3.67. The van der Waals surface area contributed by atoms with Crippen molar-refractivity contribution >= 4 is 34.4 Å². The number of esters is 1. The van der Waals surface area contributed by atoms with Gasteiger partial charge in [0.25, 0.3) is 5.91 Å². The third-order valence-corrected chi connectivity index (χ3v) is 6.67. The molecule has 4 aromatic rings. The highest BCUT2D eigenvalue weighted by Crippen LogP contribution is 2.30. The fourth-order valence-electron chi connectivity index (χ4n) is 4.69. The number of ether oxygens (including phenoxy) is 1. The quantitative estimate of drug-likeness (QED) is 0.364. The normalized spacial score (nSPS) is 13.9. The molecule has 0 fully saturated rings. The summed E-state index contributed by atoms with van der Waals surface area (Å²) in [6, 6.07) is 23.9. The van der Waals surface area contributed by atoms with E-state index < -0.39 is 23.9 Å². The van der Waals surface area contributed by atoms with Crippen molar-refractivity contribution in [2.24, 2.45) is 5.73 Å². The van der Waals surface area contributed by atoms with Crippen molar-refractivity contribution < 1.29 is 19.1 Å². The minimum absolute atomic E-state index is 0.332. The van der Waals surface area contributed by atoms with Gasteiger partial charge in [-0.05, 0) is 42.8 Å². The Balaban J connectivity index is 1.37.